The van der Waals surface area contributed by atoms with Gasteiger partial charge < -0.3 is 10.1 Å². The Hall–Kier alpha value is -2.68. The summed E-state index contributed by atoms with van der Waals surface area (Å²) in [6.07, 6.45) is 1.42. The van der Waals surface area contributed by atoms with Crippen molar-refractivity contribution in [1.29, 1.82) is 5.26 Å². The van der Waals surface area contributed by atoms with Crippen molar-refractivity contribution in [3.63, 3.8) is 0 Å². The maximum absolute atomic E-state index is 12.5. The first kappa shape index (κ1) is 23.0. The number of hydrogen-bond acceptors (Lipinski definition) is 3. The molecule has 1 amide bonds. The molecule has 3 aromatic rings. The third kappa shape index (κ3) is 6.40. The van der Waals surface area contributed by atoms with Crippen molar-refractivity contribution in [2.24, 2.45) is 0 Å². The number of nitriles is 1. The molecule has 0 heterocycles. The minimum atomic E-state index is -0.620. The summed E-state index contributed by atoms with van der Waals surface area (Å²) in [6.45, 7) is 0.318. The van der Waals surface area contributed by atoms with Gasteiger partial charge in [0.05, 0.1) is 15.7 Å². The molecule has 0 bridgehead atoms. The highest BCUT2D eigenvalue weighted by molar-refractivity contribution is 6.36. The van der Waals surface area contributed by atoms with E-state index < -0.39 is 5.91 Å². The summed E-state index contributed by atoms with van der Waals surface area (Å²) >= 11 is 24.2. The van der Waals surface area contributed by atoms with E-state index in [1.54, 1.807) is 42.5 Å². The third-order valence-corrected chi connectivity index (χ3v) is 5.23. The Morgan fingerprint density at radius 2 is 1.65 bits per heavy atom. The van der Waals surface area contributed by atoms with Gasteiger partial charge in [0.2, 0.25) is 0 Å². The van der Waals surface area contributed by atoms with E-state index in [9.17, 15) is 10.1 Å². The van der Waals surface area contributed by atoms with E-state index >= 15 is 0 Å². The number of nitrogens with zero attached hydrogens (tertiary/aromatic N) is 1. The lowest BCUT2D eigenvalue weighted by Gasteiger charge is -2.09. The van der Waals surface area contributed by atoms with Gasteiger partial charge in [0.1, 0.15) is 24.0 Å². The van der Waals surface area contributed by atoms with Gasteiger partial charge in [0.15, 0.2) is 0 Å². The van der Waals surface area contributed by atoms with Crippen molar-refractivity contribution in [3.05, 3.63) is 97.5 Å². The summed E-state index contributed by atoms with van der Waals surface area (Å²) in [4.78, 5) is 12.5. The van der Waals surface area contributed by atoms with Crippen LogP contribution in [0.5, 0.6) is 5.75 Å². The summed E-state index contributed by atoms with van der Waals surface area (Å²) in [7, 11) is 0. The van der Waals surface area contributed by atoms with Crippen molar-refractivity contribution < 1.29 is 9.53 Å². The molecular formula is C23H14Cl4N2O2. The fraction of sp³-hybridized carbons (Fsp3) is 0.0435. The van der Waals surface area contributed by atoms with E-state index in [-0.39, 0.29) is 5.57 Å². The molecule has 0 aliphatic carbocycles. The van der Waals surface area contributed by atoms with Crippen molar-refractivity contribution in [3.8, 4) is 11.8 Å². The van der Waals surface area contributed by atoms with Crippen LogP contribution in [0, 0.1) is 11.3 Å². The molecule has 0 aromatic heterocycles. The van der Waals surface area contributed by atoms with Crippen LogP contribution in [0.25, 0.3) is 6.08 Å². The smallest absolute Gasteiger partial charge is 0.266 e. The Morgan fingerprint density at radius 3 is 2.32 bits per heavy atom. The maximum Gasteiger partial charge on any atom is 0.266 e. The second-order valence-corrected chi connectivity index (χ2v) is 8.04. The summed E-state index contributed by atoms with van der Waals surface area (Å²) in [5.41, 5.74) is 1.69. The van der Waals surface area contributed by atoms with Gasteiger partial charge in [-0.25, -0.2) is 0 Å². The topological polar surface area (TPSA) is 62.1 Å². The van der Waals surface area contributed by atoms with Gasteiger partial charge in [-0.3, -0.25) is 4.79 Å². The molecule has 0 radical (unpaired) electrons. The molecule has 0 saturated heterocycles. The molecule has 0 atom stereocenters. The Labute approximate surface area is 199 Å². The fourth-order valence-electron chi connectivity index (χ4n) is 2.56. The summed E-state index contributed by atoms with van der Waals surface area (Å²) in [6, 6.07) is 18.8. The van der Waals surface area contributed by atoms with Crippen LogP contribution >= 0.6 is 46.4 Å². The summed E-state index contributed by atoms with van der Waals surface area (Å²) < 4.78 is 5.73. The lowest BCUT2D eigenvalue weighted by atomic mass is 10.1. The highest BCUT2D eigenvalue weighted by atomic mass is 35.5. The highest BCUT2D eigenvalue weighted by Gasteiger charge is 2.13. The monoisotopic (exact) mass is 490 g/mol. The second kappa shape index (κ2) is 10.6. The predicted molar refractivity (Wildman–Crippen MR) is 126 cm³/mol. The van der Waals surface area contributed by atoms with Gasteiger partial charge >= 0.3 is 0 Å². The van der Waals surface area contributed by atoms with Crippen molar-refractivity contribution >= 4 is 64.1 Å². The SMILES string of the molecule is N#C/C(=C\c1ccc(OCc2ccc(Cl)cc2)c(Cl)c1)C(=O)Nc1cc(Cl)ccc1Cl. The van der Waals surface area contributed by atoms with E-state index in [4.69, 9.17) is 51.1 Å². The average Bonchev–Trinajstić information content (AvgIpc) is 2.75. The van der Waals surface area contributed by atoms with Gasteiger partial charge in [-0.2, -0.15) is 5.26 Å². The van der Waals surface area contributed by atoms with Crippen molar-refractivity contribution in [2.75, 3.05) is 5.32 Å². The first-order chi connectivity index (χ1) is 14.9. The molecule has 0 saturated carbocycles. The number of hydrogen-bond donors (Lipinski definition) is 1. The molecular weight excluding hydrogens is 478 g/mol. The lowest BCUT2D eigenvalue weighted by molar-refractivity contribution is -0.112. The quantitative estimate of drug-likeness (QED) is 0.288. The van der Waals surface area contributed by atoms with Crippen LogP contribution in [0.3, 0.4) is 0 Å². The summed E-state index contributed by atoms with van der Waals surface area (Å²) in [5, 5.41) is 13.7. The molecule has 156 valence electrons. The maximum atomic E-state index is 12.5. The number of nitrogens with one attached hydrogen (secondary N) is 1. The Bertz CT molecular complexity index is 1190. The predicted octanol–water partition coefficient (Wildman–Crippen LogP) is 7.42. The normalized spacial score (nSPS) is 11.0. The van der Waals surface area contributed by atoms with Crippen LogP contribution < -0.4 is 10.1 Å². The number of carbonyl (C=O) groups excluding carboxylic acids is 1. The van der Waals surface area contributed by atoms with E-state index in [1.165, 1.54) is 12.1 Å². The number of carbonyl (C=O) groups is 1. The Balaban J connectivity index is 1.72. The molecule has 0 spiro atoms. The van der Waals surface area contributed by atoms with E-state index in [1.807, 2.05) is 18.2 Å². The van der Waals surface area contributed by atoms with Gasteiger partial charge in [-0.1, -0.05) is 64.6 Å². The van der Waals surface area contributed by atoms with Crippen LogP contribution in [0.2, 0.25) is 20.1 Å². The largest absolute Gasteiger partial charge is 0.487 e. The van der Waals surface area contributed by atoms with E-state index in [2.05, 4.69) is 5.32 Å². The minimum Gasteiger partial charge on any atom is -0.487 e. The third-order valence-electron chi connectivity index (χ3n) is 4.12. The number of amides is 1. The molecule has 8 heteroatoms. The number of ether oxygens (including phenoxy) is 1. The molecule has 3 rings (SSSR count). The molecule has 0 aliphatic heterocycles. The highest BCUT2D eigenvalue weighted by Crippen LogP contribution is 2.28. The van der Waals surface area contributed by atoms with Crippen molar-refractivity contribution in [2.45, 2.75) is 6.61 Å². The second-order valence-electron chi connectivity index (χ2n) is 6.35. The fourth-order valence-corrected chi connectivity index (χ4v) is 3.27. The van der Waals surface area contributed by atoms with Crippen LogP contribution in [-0.4, -0.2) is 5.91 Å². The number of rotatable bonds is 6. The zero-order valence-electron chi connectivity index (χ0n) is 15.8. The first-order valence-electron chi connectivity index (χ1n) is 8.90. The summed E-state index contributed by atoms with van der Waals surface area (Å²) in [5.74, 6) is -0.145. The van der Waals surface area contributed by atoms with E-state index in [0.29, 0.717) is 43.7 Å². The molecule has 4 nitrogen and oxygen atoms in total. The van der Waals surface area contributed by atoms with Crippen LogP contribution in [0.4, 0.5) is 5.69 Å². The van der Waals surface area contributed by atoms with Gasteiger partial charge in [0.25, 0.3) is 5.91 Å². The van der Waals surface area contributed by atoms with Crippen LogP contribution in [0.1, 0.15) is 11.1 Å². The molecule has 3 aromatic carbocycles. The standard InChI is InChI=1S/C23H14Cl4N2O2/c24-17-4-1-14(2-5-17)13-31-22-8-3-15(10-20(22)27)9-16(12-28)23(30)29-21-11-18(25)6-7-19(21)26/h1-11H,13H2,(H,29,30)/b16-9+. The number of halogens is 4. The molecule has 0 fully saturated rings. The zero-order valence-corrected chi connectivity index (χ0v) is 18.9. The Morgan fingerprint density at radius 1 is 0.935 bits per heavy atom. The molecule has 0 unspecified atom stereocenters. The number of anilines is 1. The van der Waals surface area contributed by atoms with E-state index in [0.717, 1.165) is 5.56 Å². The Kier molecular flexibility index (Phi) is 7.84. The molecule has 1 N–H and O–H groups in total. The van der Waals surface area contributed by atoms with Gasteiger partial charge in [0, 0.05) is 10.0 Å². The number of benzene rings is 3. The first-order valence-corrected chi connectivity index (χ1v) is 10.4. The van der Waals surface area contributed by atoms with Gasteiger partial charge in [-0.15, -0.1) is 0 Å². The average molecular weight is 492 g/mol. The molecule has 0 aliphatic rings. The zero-order chi connectivity index (χ0) is 22.4. The van der Waals surface area contributed by atoms with Crippen LogP contribution in [0.15, 0.2) is 66.2 Å². The van der Waals surface area contributed by atoms with Gasteiger partial charge in [-0.05, 0) is 59.7 Å². The minimum absolute atomic E-state index is 0.123. The lowest BCUT2D eigenvalue weighted by Crippen LogP contribution is -2.13. The van der Waals surface area contributed by atoms with Crippen LogP contribution in [-0.2, 0) is 11.4 Å². The van der Waals surface area contributed by atoms with Crippen molar-refractivity contribution in [1.82, 2.24) is 0 Å². The molecule has 31 heavy (non-hydrogen) atoms.